The van der Waals surface area contributed by atoms with Crippen LogP contribution in [0.1, 0.15) is 20.8 Å². The van der Waals surface area contributed by atoms with Crippen molar-refractivity contribution >= 4 is 34.3 Å². The van der Waals surface area contributed by atoms with E-state index in [0.29, 0.717) is 27.7 Å². The number of nitrogens with zero attached hydrogens (tertiary/aromatic N) is 3. The van der Waals surface area contributed by atoms with Crippen LogP contribution in [-0.2, 0) is 0 Å². The molecule has 0 unspecified atom stereocenters. The van der Waals surface area contributed by atoms with Gasteiger partial charge < -0.3 is 4.98 Å². The van der Waals surface area contributed by atoms with Crippen molar-refractivity contribution in [1.82, 2.24) is 36.5 Å². The van der Waals surface area contributed by atoms with Gasteiger partial charge in [-0.2, -0.15) is 5.21 Å². The third-order valence-corrected chi connectivity index (χ3v) is 4.08. The second kappa shape index (κ2) is 6.89. The van der Waals surface area contributed by atoms with Gasteiger partial charge in [-0.1, -0.05) is 23.7 Å². The van der Waals surface area contributed by atoms with Crippen molar-refractivity contribution in [1.29, 1.82) is 0 Å². The molecule has 0 radical (unpaired) electrons. The topological polar surface area (TPSA) is 128 Å². The average molecular weight is 382 g/mol. The lowest BCUT2D eigenvalue weighted by molar-refractivity contribution is 0.0844. The molecule has 0 aliphatic rings. The number of carbonyl (C=O) groups is 2. The number of carbonyl (C=O) groups excluding carboxylic acids is 2. The third kappa shape index (κ3) is 3.48. The molecule has 0 saturated heterocycles. The van der Waals surface area contributed by atoms with Crippen LogP contribution in [0.25, 0.3) is 22.3 Å². The number of hydrazine groups is 1. The van der Waals surface area contributed by atoms with Crippen molar-refractivity contribution in [3.8, 4) is 11.4 Å². The summed E-state index contributed by atoms with van der Waals surface area (Å²) in [7, 11) is 0. The van der Waals surface area contributed by atoms with E-state index >= 15 is 0 Å². The van der Waals surface area contributed by atoms with Crippen LogP contribution in [0.15, 0.2) is 48.5 Å². The minimum atomic E-state index is -0.481. The summed E-state index contributed by atoms with van der Waals surface area (Å²) < 4.78 is 0. The molecule has 10 heteroatoms. The van der Waals surface area contributed by atoms with Gasteiger partial charge in [0.05, 0.1) is 0 Å². The number of fused-ring (bicyclic) bond motifs is 1. The van der Waals surface area contributed by atoms with Crippen molar-refractivity contribution < 1.29 is 9.59 Å². The molecule has 0 aliphatic heterocycles. The molecule has 9 nitrogen and oxygen atoms in total. The van der Waals surface area contributed by atoms with Crippen LogP contribution in [-0.4, -0.2) is 37.4 Å². The summed E-state index contributed by atoms with van der Waals surface area (Å²) in [6, 6.07) is 13.5. The first-order chi connectivity index (χ1) is 13.1. The molecule has 0 spiro atoms. The van der Waals surface area contributed by atoms with Crippen molar-refractivity contribution in [2.45, 2.75) is 0 Å². The predicted octanol–water partition coefficient (Wildman–Crippen LogP) is 2.08. The number of halogens is 1. The zero-order valence-corrected chi connectivity index (χ0v) is 14.4. The third-order valence-electron chi connectivity index (χ3n) is 3.85. The molecular weight excluding hydrogens is 370 g/mol. The minimum absolute atomic E-state index is 0.299. The number of nitrogens with one attached hydrogen (secondary N) is 4. The number of amides is 2. The number of rotatable bonds is 3. The van der Waals surface area contributed by atoms with Crippen LogP contribution < -0.4 is 10.9 Å². The van der Waals surface area contributed by atoms with Gasteiger partial charge in [0.25, 0.3) is 11.8 Å². The Morgan fingerprint density at radius 3 is 2.67 bits per heavy atom. The molecule has 0 aliphatic carbocycles. The fourth-order valence-corrected chi connectivity index (χ4v) is 2.74. The second-order valence-electron chi connectivity index (χ2n) is 5.64. The Balaban J connectivity index is 1.45. The Bertz CT molecular complexity index is 1140. The van der Waals surface area contributed by atoms with Gasteiger partial charge in [-0.15, -0.1) is 10.2 Å². The van der Waals surface area contributed by atoms with Crippen molar-refractivity contribution in [2.24, 2.45) is 0 Å². The molecule has 134 valence electrons. The van der Waals surface area contributed by atoms with E-state index in [9.17, 15) is 9.59 Å². The summed E-state index contributed by atoms with van der Waals surface area (Å²) in [4.78, 5) is 27.5. The molecule has 2 heterocycles. The normalized spacial score (nSPS) is 10.7. The van der Waals surface area contributed by atoms with Gasteiger partial charge in [0.2, 0.25) is 5.82 Å². The molecule has 0 saturated carbocycles. The zero-order valence-electron chi connectivity index (χ0n) is 13.7. The van der Waals surface area contributed by atoms with Gasteiger partial charge in [0.15, 0.2) is 0 Å². The molecule has 0 atom stereocenters. The number of tetrazole rings is 1. The predicted molar refractivity (Wildman–Crippen MR) is 97.9 cm³/mol. The maximum atomic E-state index is 12.3. The van der Waals surface area contributed by atoms with Gasteiger partial charge >= 0.3 is 0 Å². The van der Waals surface area contributed by atoms with E-state index in [-0.39, 0.29) is 0 Å². The first-order valence-corrected chi connectivity index (χ1v) is 8.21. The summed E-state index contributed by atoms with van der Waals surface area (Å²) >= 11 is 5.94. The van der Waals surface area contributed by atoms with E-state index < -0.39 is 11.8 Å². The largest absolute Gasteiger partial charge is 0.350 e. The van der Waals surface area contributed by atoms with Crippen LogP contribution >= 0.6 is 11.6 Å². The monoisotopic (exact) mass is 381 g/mol. The van der Waals surface area contributed by atoms with E-state index in [1.54, 1.807) is 48.5 Å². The van der Waals surface area contributed by atoms with Crippen LogP contribution in [0.5, 0.6) is 0 Å². The Kier molecular flexibility index (Phi) is 4.27. The zero-order chi connectivity index (χ0) is 18.8. The Morgan fingerprint density at radius 1 is 1.00 bits per heavy atom. The average Bonchev–Trinajstić information content (AvgIpc) is 3.35. The Labute approximate surface area is 157 Å². The molecule has 2 amide bonds. The maximum Gasteiger partial charge on any atom is 0.286 e. The maximum absolute atomic E-state index is 12.3. The number of hydrogen-bond donors (Lipinski definition) is 4. The van der Waals surface area contributed by atoms with E-state index in [4.69, 9.17) is 11.6 Å². The molecule has 0 fully saturated rings. The standard InChI is InChI=1S/C17H12ClN7O2/c18-12-4-5-13-11(7-12)8-14(19-13)17(27)23-22-16(26)10-3-1-2-9(6-10)15-20-24-25-21-15/h1-8,19H,(H,22,26)(H,23,27)(H,20,21,24,25). The number of hydrogen-bond acceptors (Lipinski definition) is 5. The lowest BCUT2D eigenvalue weighted by Gasteiger charge is -2.07. The highest BCUT2D eigenvalue weighted by atomic mass is 35.5. The summed E-state index contributed by atoms with van der Waals surface area (Å²) in [5.74, 6) is -0.594. The first-order valence-electron chi connectivity index (χ1n) is 7.83. The quantitative estimate of drug-likeness (QED) is 0.404. The van der Waals surface area contributed by atoms with Crippen molar-refractivity contribution in [2.75, 3.05) is 0 Å². The second-order valence-corrected chi connectivity index (χ2v) is 6.08. The molecule has 27 heavy (non-hydrogen) atoms. The smallest absolute Gasteiger partial charge is 0.286 e. The van der Waals surface area contributed by atoms with Crippen LogP contribution in [0.3, 0.4) is 0 Å². The highest BCUT2D eigenvalue weighted by Gasteiger charge is 2.13. The van der Waals surface area contributed by atoms with E-state index in [1.165, 1.54) is 0 Å². The number of aromatic amines is 2. The molecule has 2 aromatic carbocycles. The number of aromatic nitrogens is 5. The lowest BCUT2D eigenvalue weighted by Crippen LogP contribution is -2.41. The van der Waals surface area contributed by atoms with Crippen LogP contribution in [0.4, 0.5) is 0 Å². The van der Waals surface area contributed by atoms with Crippen LogP contribution in [0.2, 0.25) is 5.02 Å². The van der Waals surface area contributed by atoms with E-state index in [2.05, 4.69) is 36.5 Å². The summed E-state index contributed by atoms with van der Waals surface area (Å²) in [6.07, 6.45) is 0. The highest BCUT2D eigenvalue weighted by molar-refractivity contribution is 6.31. The molecular formula is C17H12ClN7O2. The number of benzene rings is 2. The summed E-state index contributed by atoms with van der Waals surface area (Å²) in [6.45, 7) is 0. The summed E-state index contributed by atoms with van der Waals surface area (Å²) in [5, 5.41) is 14.9. The Morgan fingerprint density at radius 2 is 1.85 bits per heavy atom. The van der Waals surface area contributed by atoms with Gasteiger partial charge in [0.1, 0.15) is 5.69 Å². The van der Waals surface area contributed by atoms with Gasteiger partial charge in [-0.05, 0) is 41.6 Å². The molecule has 4 N–H and O–H groups in total. The molecule has 4 aromatic rings. The molecule has 0 bridgehead atoms. The Hall–Kier alpha value is -3.72. The van der Waals surface area contributed by atoms with Gasteiger partial charge in [-0.3, -0.25) is 20.4 Å². The highest BCUT2D eigenvalue weighted by Crippen LogP contribution is 2.20. The fourth-order valence-electron chi connectivity index (χ4n) is 2.56. The lowest BCUT2D eigenvalue weighted by atomic mass is 10.1. The number of H-pyrrole nitrogens is 2. The van der Waals surface area contributed by atoms with E-state index in [0.717, 1.165) is 10.9 Å². The van der Waals surface area contributed by atoms with Gasteiger partial charge in [-0.25, -0.2) is 0 Å². The molecule has 4 rings (SSSR count). The van der Waals surface area contributed by atoms with E-state index in [1.807, 2.05) is 0 Å². The first kappa shape index (κ1) is 16.7. The van der Waals surface area contributed by atoms with Crippen molar-refractivity contribution in [3.05, 3.63) is 64.8 Å². The molecule has 2 aromatic heterocycles. The fraction of sp³-hybridized carbons (Fsp3) is 0. The minimum Gasteiger partial charge on any atom is -0.350 e. The SMILES string of the molecule is O=C(NNC(=O)c1cc2cc(Cl)ccc2[nH]1)c1cccc(-c2nn[nH]n2)c1. The summed E-state index contributed by atoms with van der Waals surface area (Å²) in [5.41, 5.74) is 6.77. The van der Waals surface area contributed by atoms with Crippen molar-refractivity contribution in [3.63, 3.8) is 0 Å². The van der Waals surface area contributed by atoms with Crippen LogP contribution in [0, 0.1) is 0 Å². The van der Waals surface area contributed by atoms with Gasteiger partial charge in [0, 0.05) is 27.1 Å².